The fraction of sp³-hybridized carbons (Fsp3) is 0.375. The summed E-state index contributed by atoms with van der Waals surface area (Å²) in [7, 11) is -0.0908. The maximum absolute atomic E-state index is 15.0. The van der Waals surface area contributed by atoms with Crippen LogP contribution in [-0.2, 0) is 23.5 Å². The van der Waals surface area contributed by atoms with Gasteiger partial charge < -0.3 is 19.5 Å². The molecule has 2 aliphatic heterocycles. The molecule has 0 bridgehead atoms. The van der Waals surface area contributed by atoms with Crippen LogP contribution in [0.4, 0.5) is 10.1 Å². The van der Waals surface area contributed by atoms with Gasteiger partial charge in [-0.05, 0) is 25.1 Å². The summed E-state index contributed by atoms with van der Waals surface area (Å²) in [6.45, 7) is 1.23. The van der Waals surface area contributed by atoms with Gasteiger partial charge in [-0.1, -0.05) is 30.3 Å². The van der Waals surface area contributed by atoms with Crippen LogP contribution >= 0.6 is 0 Å². The molecular formula is C24H28FN5O3S. The molecule has 8 nitrogen and oxygen atoms in total. The molecule has 0 spiro atoms. The molecule has 34 heavy (non-hydrogen) atoms. The maximum Gasteiger partial charge on any atom is 0.259 e. The molecule has 0 amide bonds. The van der Waals surface area contributed by atoms with Crippen LogP contribution in [-0.4, -0.2) is 56.8 Å². The molecule has 0 saturated carbocycles. The second kappa shape index (κ2) is 9.01. The average Bonchev–Trinajstić information content (AvgIpc) is 3.24. The van der Waals surface area contributed by atoms with Gasteiger partial charge in [-0.2, -0.15) is 0 Å². The molecular weight excluding hydrogens is 457 g/mol. The van der Waals surface area contributed by atoms with E-state index < -0.39 is 10.0 Å². The second-order valence-corrected chi connectivity index (χ2v) is 10.6. The molecule has 180 valence electrons. The number of rotatable bonds is 7. The van der Waals surface area contributed by atoms with E-state index in [4.69, 9.17) is 4.74 Å². The monoisotopic (exact) mass is 485 g/mol. The van der Waals surface area contributed by atoms with Gasteiger partial charge in [-0.25, -0.2) is 22.5 Å². The number of sulfonamides is 1. The Labute approximate surface area is 198 Å². The molecule has 2 atom stereocenters. The molecule has 2 N–H and O–H groups in total. The summed E-state index contributed by atoms with van der Waals surface area (Å²) in [5, 5.41) is 3.32. The Balaban J connectivity index is 1.34. The summed E-state index contributed by atoms with van der Waals surface area (Å²) in [6.07, 6.45) is 3.70. The Hall–Kier alpha value is -2.95. The van der Waals surface area contributed by atoms with E-state index in [2.05, 4.69) is 27.2 Å². The quantitative estimate of drug-likeness (QED) is 0.533. The third-order valence-corrected chi connectivity index (χ3v) is 7.96. The summed E-state index contributed by atoms with van der Waals surface area (Å²) in [5.74, 6) is 0.322. The first-order chi connectivity index (χ1) is 16.3. The van der Waals surface area contributed by atoms with Gasteiger partial charge in [0, 0.05) is 49.9 Å². The van der Waals surface area contributed by atoms with Crippen LogP contribution in [0.3, 0.4) is 0 Å². The third-order valence-electron chi connectivity index (χ3n) is 6.55. The highest BCUT2D eigenvalue weighted by Crippen LogP contribution is 2.40. The number of aromatic nitrogens is 2. The SMILES string of the molecule is CNC1COc2cc(F)c(N3CC(NS(=O)(=O)c4cn(C)cn4)C3)cc2C1Cc1ccccc1. The van der Waals surface area contributed by atoms with Crippen LogP contribution in [0.1, 0.15) is 17.0 Å². The molecule has 1 fully saturated rings. The topological polar surface area (TPSA) is 88.5 Å². The number of fused-ring (bicyclic) bond motifs is 1. The lowest BCUT2D eigenvalue weighted by Gasteiger charge is -2.42. The Morgan fingerprint density at radius 3 is 2.65 bits per heavy atom. The van der Waals surface area contributed by atoms with Gasteiger partial charge in [0.15, 0.2) is 5.03 Å². The summed E-state index contributed by atoms with van der Waals surface area (Å²) in [5.41, 5.74) is 2.63. The Morgan fingerprint density at radius 1 is 1.21 bits per heavy atom. The molecule has 10 heteroatoms. The minimum atomic E-state index is -3.71. The molecule has 3 aromatic rings. The van der Waals surface area contributed by atoms with Crippen molar-refractivity contribution in [1.82, 2.24) is 19.6 Å². The predicted octanol–water partition coefficient (Wildman–Crippen LogP) is 2.03. The lowest BCUT2D eigenvalue weighted by Crippen LogP contribution is -2.59. The lowest BCUT2D eigenvalue weighted by atomic mass is 9.83. The molecule has 1 saturated heterocycles. The average molecular weight is 486 g/mol. The molecule has 1 aromatic heterocycles. The Kier molecular flexibility index (Phi) is 6.05. The summed E-state index contributed by atoms with van der Waals surface area (Å²) in [6, 6.07) is 13.3. The van der Waals surface area contributed by atoms with E-state index in [0.29, 0.717) is 31.1 Å². The molecule has 0 aliphatic carbocycles. The van der Waals surface area contributed by atoms with Crippen molar-refractivity contribution in [3.8, 4) is 5.75 Å². The first-order valence-electron chi connectivity index (χ1n) is 11.3. The second-order valence-electron chi connectivity index (χ2n) is 8.94. The van der Waals surface area contributed by atoms with Crippen molar-refractivity contribution in [1.29, 1.82) is 0 Å². The fourth-order valence-electron chi connectivity index (χ4n) is 4.69. The smallest absolute Gasteiger partial charge is 0.259 e. The van der Waals surface area contributed by atoms with E-state index in [1.54, 1.807) is 11.6 Å². The van der Waals surface area contributed by atoms with Crippen molar-refractivity contribution < 1.29 is 17.5 Å². The number of benzene rings is 2. The Morgan fingerprint density at radius 2 is 1.97 bits per heavy atom. The highest BCUT2D eigenvalue weighted by molar-refractivity contribution is 7.89. The van der Waals surface area contributed by atoms with Crippen LogP contribution < -0.4 is 19.7 Å². The molecule has 2 aromatic carbocycles. The number of aryl methyl sites for hydroxylation is 1. The summed E-state index contributed by atoms with van der Waals surface area (Å²) >= 11 is 0. The first-order valence-corrected chi connectivity index (χ1v) is 12.7. The standard InChI is InChI=1S/C24H28FN5O3S/c1-26-21-14-33-23-10-20(25)22(9-19(23)18(21)8-16-6-4-3-5-7-16)30-11-17(12-30)28-34(31,32)24-13-29(2)15-27-24/h3-7,9-10,13,15,17-18,21,26,28H,8,11-12,14H2,1-2H3. The van der Waals surface area contributed by atoms with Gasteiger partial charge in [0.2, 0.25) is 0 Å². The van der Waals surface area contributed by atoms with Crippen LogP contribution in [0, 0.1) is 5.82 Å². The van der Waals surface area contributed by atoms with Gasteiger partial charge >= 0.3 is 0 Å². The van der Waals surface area contributed by atoms with Gasteiger partial charge in [0.25, 0.3) is 10.0 Å². The van der Waals surface area contributed by atoms with E-state index in [1.807, 2.05) is 36.2 Å². The van der Waals surface area contributed by atoms with Gasteiger partial charge in [-0.15, -0.1) is 0 Å². The maximum atomic E-state index is 15.0. The number of hydrogen-bond acceptors (Lipinski definition) is 6. The van der Waals surface area contributed by atoms with Crippen molar-refractivity contribution >= 4 is 15.7 Å². The van der Waals surface area contributed by atoms with Crippen molar-refractivity contribution in [2.24, 2.45) is 7.05 Å². The number of ether oxygens (including phenoxy) is 1. The van der Waals surface area contributed by atoms with E-state index in [-0.39, 0.29) is 28.8 Å². The molecule has 3 heterocycles. The summed E-state index contributed by atoms with van der Waals surface area (Å²) in [4.78, 5) is 5.77. The number of anilines is 1. The van der Waals surface area contributed by atoms with Gasteiger partial charge in [-0.3, -0.25) is 0 Å². The number of nitrogens with zero attached hydrogens (tertiary/aromatic N) is 3. The number of likely N-dealkylation sites (N-methyl/N-ethyl adjacent to an activating group) is 1. The van der Waals surface area contributed by atoms with E-state index >= 15 is 4.39 Å². The van der Waals surface area contributed by atoms with Crippen LogP contribution in [0.5, 0.6) is 5.75 Å². The number of hydrogen-bond donors (Lipinski definition) is 2. The molecule has 5 rings (SSSR count). The molecule has 0 radical (unpaired) electrons. The summed E-state index contributed by atoms with van der Waals surface area (Å²) < 4.78 is 50.2. The fourth-order valence-corrected chi connectivity index (χ4v) is 5.89. The van der Waals surface area contributed by atoms with Crippen molar-refractivity contribution in [3.63, 3.8) is 0 Å². The van der Waals surface area contributed by atoms with Crippen LogP contribution in [0.25, 0.3) is 0 Å². The van der Waals surface area contributed by atoms with Crippen LogP contribution in [0.2, 0.25) is 0 Å². The van der Waals surface area contributed by atoms with Gasteiger partial charge in [0.05, 0.1) is 18.1 Å². The van der Waals surface area contributed by atoms with Crippen molar-refractivity contribution in [2.45, 2.75) is 29.4 Å². The van der Waals surface area contributed by atoms with E-state index in [1.165, 1.54) is 24.2 Å². The highest BCUT2D eigenvalue weighted by atomic mass is 32.2. The lowest BCUT2D eigenvalue weighted by molar-refractivity contribution is 0.218. The number of halogens is 1. The van der Waals surface area contributed by atoms with Crippen LogP contribution in [0.15, 0.2) is 60.0 Å². The van der Waals surface area contributed by atoms with Crippen molar-refractivity contribution in [3.05, 3.63) is 71.9 Å². The number of nitrogens with one attached hydrogen (secondary N) is 2. The highest BCUT2D eigenvalue weighted by Gasteiger charge is 2.36. The predicted molar refractivity (Wildman–Crippen MR) is 127 cm³/mol. The number of imidazole rings is 1. The minimum Gasteiger partial charge on any atom is -0.492 e. The third kappa shape index (κ3) is 4.40. The Bertz CT molecular complexity index is 1280. The molecule has 2 unspecified atom stereocenters. The van der Waals surface area contributed by atoms with Gasteiger partial charge in [0.1, 0.15) is 18.2 Å². The largest absolute Gasteiger partial charge is 0.492 e. The van der Waals surface area contributed by atoms with Crippen molar-refractivity contribution in [2.75, 3.05) is 31.6 Å². The first kappa shape index (κ1) is 22.8. The zero-order chi connectivity index (χ0) is 23.9. The minimum absolute atomic E-state index is 0.0209. The normalized spacial score (nSPS) is 20.5. The molecule has 2 aliphatic rings. The van der Waals surface area contributed by atoms with E-state index in [0.717, 1.165) is 12.0 Å². The zero-order valence-electron chi connectivity index (χ0n) is 19.1. The van der Waals surface area contributed by atoms with E-state index in [9.17, 15) is 8.42 Å². The zero-order valence-corrected chi connectivity index (χ0v) is 19.9.